The maximum absolute atomic E-state index is 11.1. The quantitative estimate of drug-likeness (QED) is 0.778. The zero-order chi connectivity index (χ0) is 14.8. The van der Waals surface area contributed by atoms with E-state index in [4.69, 9.17) is 9.84 Å². The lowest BCUT2D eigenvalue weighted by atomic mass is 10.3. The Kier molecular flexibility index (Phi) is 3.32. The first-order valence-electron chi connectivity index (χ1n) is 5.79. The summed E-state index contributed by atoms with van der Waals surface area (Å²) in [5.41, 5.74) is 2.73. The van der Waals surface area contributed by atoms with Crippen LogP contribution in [0.3, 0.4) is 0 Å². The van der Waals surface area contributed by atoms with Crippen LogP contribution in [0.15, 0.2) is 29.1 Å². The summed E-state index contributed by atoms with van der Waals surface area (Å²) in [5, 5.41) is 22.8. The number of thiazole rings is 1. The van der Waals surface area contributed by atoms with Crippen molar-refractivity contribution in [3.63, 3.8) is 0 Å². The molecule has 0 aliphatic heterocycles. The molecule has 0 fully saturated rings. The SMILES string of the molecule is COc1ccc(-n2nc(C(=O)O)cc2-c2cscn2)nn1. The van der Waals surface area contributed by atoms with Crippen molar-refractivity contribution in [2.24, 2.45) is 0 Å². The third kappa shape index (κ3) is 2.46. The Morgan fingerprint density at radius 1 is 1.38 bits per heavy atom. The van der Waals surface area contributed by atoms with Crippen LogP contribution in [-0.4, -0.2) is 43.1 Å². The number of aromatic nitrogens is 5. The number of carboxylic acids is 1. The van der Waals surface area contributed by atoms with E-state index in [0.717, 1.165) is 0 Å². The summed E-state index contributed by atoms with van der Waals surface area (Å²) >= 11 is 1.41. The highest BCUT2D eigenvalue weighted by Gasteiger charge is 2.18. The van der Waals surface area contributed by atoms with Gasteiger partial charge in [-0.1, -0.05) is 0 Å². The first-order valence-corrected chi connectivity index (χ1v) is 6.73. The van der Waals surface area contributed by atoms with Gasteiger partial charge >= 0.3 is 5.97 Å². The molecule has 3 rings (SSSR count). The molecular weight excluding hydrogens is 294 g/mol. The van der Waals surface area contributed by atoms with Gasteiger partial charge in [0.15, 0.2) is 11.5 Å². The number of ether oxygens (including phenoxy) is 1. The molecule has 0 aliphatic rings. The maximum Gasteiger partial charge on any atom is 0.356 e. The monoisotopic (exact) mass is 303 g/mol. The van der Waals surface area contributed by atoms with Gasteiger partial charge in [0.1, 0.15) is 0 Å². The summed E-state index contributed by atoms with van der Waals surface area (Å²) in [4.78, 5) is 15.3. The normalized spacial score (nSPS) is 10.5. The van der Waals surface area contributed by atoms with Gasteiger partial charge in [0.2, 0.25) is 5.88 Å². The highest BCUT2D eigenvalue weighted by molar-refractivity contribution is 7.07. The predicted octanol–water partition coefficient (Wildman–Crippen LogP) is 1.49. The van der Waals surface area contributed by atoms with E-state index in [0.29, 0.717) is 23.1 Å². The van der Waals surface area contributed by atoms with E-state index in [1.54, 1.807) is 23.0 Å². The molecule has 1 N–H and O–H groups in total. The zero-order valence-corrected chi connectivity index (χ0v) is 11.6. The molecule has 0 radical (unpaired) electrons. The van der Waals surface area contributed by atoms with Crippen molar-refractivity contribution in [1.29, 1.82) is 0 Å². The second-order valence-corrected chi connectivity index (χ2v) is 4.66. The molecule has 0 saturated heterocycles. The molecule has 8 nitrogen and oxygen atoms in total. The van der Waals surface area contributed by atoms with E-state index in [2.05, 4.69) is 20.3 Å². The number of hydrogen-bond acceptors (Lipinski definition) is 7. The van der Waals surface area contributed by atoms with E-state index in [9.17, 15) is 4.79 Å². The molecule has 9 heteroatoms. The summed E-state index contributed by atoms with van der Waals surface area (Å²) in [6, 6.07) is 4.71. The Morgan fingerprint density at radius 3 is 2.81 bits per heavy atom. The van der Waals surface area contributed by atoms with Crippen LogP contribution in [-0.2, 0) is 0 Å². The van der Waals surface area contributed by atoms with E-state index < -0.39 is 5.97 Å². The lowest BCUT2D eigenvalue weighted by molar-refractivity contribution is 0.0690. The Balaban J connectivity index is 2.13. The van der Waals surface area contributed by atoms with Crippen LogP contribution in [0.25, 0.3) is 17.2 Å². The fourth-order valence-corrected chi connectivity index (χ4v) is 2.26. The van der Waals surface area contributed by atoms with Crippen molar-refractivity contribution in [1.82, 2.24) is 25.0 Å². The minimum atomic E-state index is -1.12. The minimum Gasteiger partial charge on any atom is -0.480 e. The standard InChI is InChI=1S/C12H9N5O3S/c1-20-11-3-2-10(14-15-11)17-9(8-5-21-6-13-8)4-7(16-17)12(18)19/h2-6H,1H3,(H,18,19). The Bertz CT molecular complexity index is 767. The number of methoxy groups -OCH3 is 1. The maximum atomic E-state index is 11.1. The lowest BCUT2D eigenvalue weighted by Crippen LogP contribution is -2.05. The van der Waals surface area contributed by atoms with Crippen LogP contribution in [0.2, 0.25) is 0 Å². The molecule has 21 heavy (non-hydrogen) atoms. The number of rotatable bonds is 4. The van der Waals surface area contributed by atoms with Gasteiger partial charge in [-0.3, -0.25) is 0 Å². The van der Waals surface area contributed by atoms with Gasteiger partial charge in [0.25, 0.3) is 0 Å². The molecule has 0 aliphatic carbocycles. The molecule has 3 aromatic rings. The van der Waals surface area contributed by atoms with Crippen molar-refractivity contribution in [2.45, 2.75) is 0 Å². The molecule has 0 amide bonds. The molecule has 0 unspecified atom stereocenters. The summed E-state index contributed by atoms with van der Waals surface area (Å²) in [6.07, 6.45) is 0. The summed E-state index contributed by atoms with van der Waals surface area (Å²) in [5.74, 6) is -0.377. The van der Waals surface area contributed by atoms with E-state index in [-0.39, 0.29) is 5.69 Å². The minimum absolute atomic E-state index is 0.0874. The molecule has 106 valence electrons. The van der Waals surface area contributed by atoms with Crippen LogP contribution >= 0.6 is 11.3 Å². The smallest absolute Gasteiger partial charge is 0.356 e. The zero-order valence-electron chi connectivity index (χ0n) is 10.8. The van der Waals surface area contributed by atoms with Crippen LogP contribution < -0.4 is 4.74 Å². The van der Waals surface area contributed by atoms with Gasteiger partial charge < -0.3 is 9.84 Å². The fourth-order valence-electron chi connectivity index (χ4n) is 1.72. The average Bonchev–Trinajstić information content (AvgIpc) is 3.16. The summed E-state index contributed by atoms with van der Waals surface area (Å²) in [7, 11) is 1.49. The van der Waals surface area contributed by atoms with Crippen LogP contribution in [0.1, 0.15) is 10.5 Å². The van der Waals surface area contributed by atoms with Gasteiger partial charge in [0, 0.05) is 17.5 Å². The first-order chi connectivity index (χ1) is 10.2. The molecule has 0 atom stereocenters. The highest BCUT2D eigenvalue weighted by Crippen LogP contribution is 2.23. The molecular formula is C12H9N5O3S. The molecule has 0 aromatic carbocycles. The van der Waals surface area contributed by atoms with Crippen LogP contribution in [0.4, 0.5) is 0 Å². The number of aromatic carboxylic acids is 1. The van der Waals surface area contributed by atoms with Gasteiger partial charge in [0.05, 0.1) is 24.0 Å². The van der Waals surface area contributed by atoms with E-state index >= 15 is 0 Å². The van der Waals surface area contributed by atoms with Crippen molar-refractivity contribution < 1.29 is 14.6 Å². The lowest BCUT2D eigenvalue weighted by Gasteiger charge is -2.04. The largest absolute Gasteiger partial charge is 0.480 e. The molecule has 0 spiro atoms. The number of carbonyl (C=O) groups is 1. The van der Waals surface area contributed by atoms with Crippen LogP contribution in [0.5, 0.6) is 5.88 Å². The van der Waals surface area contributed by atoms with E-state index in [1.807, 2.05) is 0 Å². The second-order valence-electron chi connectivity index (χ2n) is 3.94. The first kappa shape index (κ1) is 13.2. The molecule has 0 bridgehead atoms. The van der Waals surface area contributed by atoms with E-state index in [1.165, 1.54) is 29.2 Å². The van der Waals surface area contributed by atoms with Gasteiger partial charge in [-0.25, -0.2) is 14.5 Å². The van der Waals surface area contributed by atoms with Crippen molar-refractivity contribution in [3.8, 4) is 23.1 Å². The molecule has 0 saturated carbocycles. The number of hydrogen-bond donors (Lipinski definition) is 1. The Morgan fingerprint density at radius 2 is 2.24 bits per heavy atom. The third-order valence-electron chi connectivity index (χ3n) is 2.68. The van der Waals surface area contributed by atoms with Gasteiger partial charge in [-0.05, 0) is 6.07 Å². The predicted molar refractivity (Wildman–Crippen MR) is 73.8 cm³/mol. The highest BCUT2D eigenvalue weighted by atomic mass is 32.1. The third-order valence-corrected chi connectivity index (χ3v) is 3.26. The molecule has 3 heterocycles. The second kappa shape index (κ2) is 5.29. The summed E-state index contributed by atoms with van der Waals surface area (Å²) < 4.78 is 6.34. The Labute approximate surface area is 122 Å². The van der Waals surface area contributed by atoms with Crippen molar-refractivity contribution in [2.75, 3.05) is 7.11 Å². The van der Waals surface area contributed by atoms with Crippen molar-refractivity contribution >= 4 is 17.3 Å². The Hall–Kier alpha value is -2.81. The van der Waals surface area contributed by atoms with Crippen LogP contribution in [0, 0.1) is 0 Å². The number of carboxylic acid groups (broad SMARTS) is 1. The van der Waals surface area contributed by atoms with Crippen molar-refractivity contribution in [3.05, 3.63) is 34.8 Å². The number of nitrogens with zero attached hydrogens (tertiary/aromatic N) is 5. The van der Waals surface area contributed by atoms with Gasteiger partial charge in [-0.2, -0.15) is 5.10 Å². The average molecular weight is 303 g/mol. The fraction of sp³-hybridized carbons (Fsp3) is 0.0833. The topological polar surface area (TPSA) is 103 Å². The summed E-state index contributed by atoms with van der Waals surface area (Å²) in [6.45, 7) is 0. The molecule has 3 aromatic heterocycles. The van der Waals surface area contributed by atoms with Gasteiger partial charge in [-0.15, -0.1) is 21.5 Å².